The summed E-state index contributed by atoms with van der Waals surface area (Å²) in [7, 11) is 0. The van der Waals surface area contributed by atoms with Gasteiger partial charge in [0.1, 0.15) is 5.82 Å². The Balaban J connectivity index is 1.24. The Morgan fingerprint density at radius 1 is 1.28 bits per heavy atom. The summed E-state index contributed by atoms with van der Waals surface area (Å²) in [4.78, 5) is 25.4. The van der Waals surface area contributed by atoms with Gasteiger partial charge in [-0.1, -0.05) is 6.92 Å². The third kappa shape index (κ3) is 3.59. The maximum atomic E-state index is 13.1. The SMILES string of the molecule is CC1CCc2c(C(=O)N3CCC(c4nc(-c5cccnc5)n[nH]4)CC3)csc2C1. The van der Waals surface area contributed by atoms with Crippen LogP contribution in [-0.4, -0.2) is 44.1 Å². The van der Waals surface area contributed by atoms with Crippen molar-refractivity contribution in [1.29, 1.82) is 0 Å². The molecule has 1 N–H and O–H groups in total. The molecule has 0 saturated carbocycles. The Morgan fingerprint density at radius 2 is 2.14 bits per heavy atom. The van der Waals surface area contributed by atoms with Crippen LogP contribution in [0.2, 0.25) is 0 Å². The zero-order valence-corrected chi connectivity index (χ0v) is 17.4. The molecule has 0 radical (unpaired) electrons. The predicted octanol–water partition coefficient (Wildman–Crippen LogP) is 4.07. The molecule has 6 nitrogen and oxygen atoms in total. The molecule has 4 heterocycles. The standard InChI is InChI=1S/C22H25N5OS/c1-14-4-5-17-18(13-29-19(17)11-14)22(28)27-9-6-15(7-10-27)20-24-21(26-25-20)16-3-2-8-23-12-16/h2-3,8,12-15H,4-7,9-11H2,1H3,(H,24,25,26). The molecule has 7 heteroatoms. The monoisotopic (exact) mass is 407 g/mol. The summed E-state index contributed by atoms with van der Waals surface area (Å²) in [5.41, 5.74) is 3.18. The third-order valence-corrected chi connectivity index (χ3v) is 7.27. The van der Waals surface area contributed by atoms with E-state index in [4.69, 9.17) is 0 Å². The Hall–Kier alpha value is -2.54. The minimum Gasteiger partial charge on any atom is -0.339 e. The summed E-state index contributed by atoms with van der Waals surface area (Å²) >= 11 is 1.77. The third-order valence-electron chi connectivity index (χ3n) is 6.22. The fraction of sp³-hybridized carbons (Fsp3) is 0.455. The number of fused-ring (bicyclic) bond motifs is 1. The van der Waals surface area contributed by atoms with Crippen molar-refractivity contribution >= 4 is 17.2 Å². The van der Waals surface area contributed by atoms with Gasteiger partial charge in [0.15, 0.2) is 5.82 Å². The Morgan fingerprint density at radius 3 is 2.93 bits per heavy atom. The summed E-state index contributed by atoms with van der Waals surface area (Å²) in [6.45, 7) is 3.85. The molecule has 3 aromatic rings. The van der Waals surface area contributed by atoms with E-state index in [1.807, 2.05) is 17.0 Å². The molecule has 1 aliphatic heterocycles. The summed E-state index contributed by atoms with van der Waals surface area (Å²) < 4.78 is 0. The van der Waals surface area contributed by atoms with Crippen LogP contribution in [0.15, 0.2) is 29.9 Å². The van der Waals surface area contributed by atoms with E-state index in [0.717, 1.165) is 61.6 Å². The number of thiophene rings is 1. The quantitative estimate of drug-likeness (QED) is 0.710. The van der Waals surface area contributed by atoms with Crippen molar-refractivity contribution in [3.8, 4) is 11.4 Å². The Bertz CT molecular complexity index is 1000. The van der Waals surface area contributed by atoms with Gasteiger partial charge in [-0.2, -0.15) is 5.10 Å². The lowest BCUT2D eigenvalue weighted by Crippen LogP contribution is -2.38. The first-order valence-electron chi connectivity index (χ1n) is 10.4. The first kappa shape index (κ1) is 18.5. The highest BCUT2D eigenvalue weighted by molar-refractivity contribution is 7.10. The van der Waals surface area contributed by atoms with Crippen LogP contribution in [0.1, 0.15) is 58.7 Å². The normalized spacial score (nSPS) is 19.9. The van der Waals surface area contributed by atoms with Gasteiger partial charge >= 0.3 is 0 Å². The van der Waals surface area contributed by atoms with E-state index in [1.54, 1.807) is 23.7 Å². The molecule has 2 aliphatic rings. The minimum atomic E-state index is 0.212. The van der Waals surface area contributed by atoms with Gasteiger partial charge in [-0.3, -0.25) is 14.9 Å². The van der Waals surface area contributed by atoms with Crippen LogP contribution in [0.3, 0.4) is 0 Å². The molecule has 1 unspecified atom stereocenters. The lowest BCUT2D eigenvalue weighted by Gasteiger charge is -2.31. The average Bonchev–Trinajstić information content (AvgIpc) is 3.41. The van der Waals surface area contributed by atoms with Gasteiger partial charge in [-0.25, -0.2) is 4.98 Å². The number of amides is 1. The van der Waals surface area contributed by atoms with Gasteiger partial charge in [0.25, 0.3) is 5.91 Å². The van der Waals surface area contributed by atoms with Crippen molar-refractivity contribution in [2.75, 3.05) is 13.1 Å². The number of rotatable bonds is 3. The number of carbonyl (C=O) groups excluding carboxylic acids is 1. The van der Waals surface area contributed by atoms with Crippen LogP contribution < -0.4 is 0 Å². The summed E-state index contributed by atoms with van der Waals surface area (Å²) in [6.07, 6.45) is 8.71. The molecule has 0 bridgehead atoms. The van der Waals surface area contributed by atoms with Crippen molar-refractivity contribution in [2.45, 2.75) is 44.9 Å². The Labute approximate surface area is 174 Å². The first-order valence-corrected chi connectivity index (χ1v) is 11.3. The predicted molar refractivity (Wildman–Crippen MR) is 113 cm³/mol. The minimum absolute atomic E-state index is 0.212. The van der Waals surface area contributed by atoms with E-state index in [1.165, 1.54) is 16.9 Å². The molecule has 5 rings (SSSR count). The smallest absolute Gasteiger partial charge is 0.254 e. The Kier molecular flexibility index (Phi) is 4.91. The first-order chi connectivity index (χ1) is 14.2. The number of nitrogens with one attached hydrogen (secondary N) is 1. The van der Waals surface area contributed by atoms with E-state index in [-0.39, 0.29) is 5.91 Å². The van der Waals surface area contributed by atoms with Crippen LogP contribution in [0.5, 0.6) is 0 Å². The molecule has 150 valence electrons. The number of piperidine rings is 1. The van der Waals surface area contributed by atoms with Crippen LogP contribution in [0.4, 0.5) is 0 Å². The van der Waals surface area contributed by atoms with Gasteiger partial charge in [-0.05, 0) is 55.7 Å². The highest BCUT2D eigenvalue weighted by Gasteiger charge is 2.30. The number of pyridine rings is 1. The highest BCUT2D eigenvalue weighted by Crippen LogP contribution is 2.34. The van der Waals surface area contributed by atoms with Crippen LogP contribution in [0, 0.1) is 5.92 Å². The number of nitrogens with zero attached hydrogens (tertiary/aromatic N) is 4. The molecule has 29 heavy (non-hydrogen) atoms. The maximum absolute atomic E-state index is 13.1. The second kappa shape index (κ2) is 7.71. The highest BCUT2D eigenvalue weighted by atomic mass is 32.1. The number of H-pyrrole nitrogens is 1. The second-order valence-corrected chi connectivity index (χ2v) is 9.22. The van der Waals surface area contributed by atoms with Crippen molar-refractivity contribution in [3.05, 3.63) is 51.7 Å². The summed E-state index contributed by atoms with van der Waals surface area (Å²) in [5, 5.41) is 9.55. The maximum Gasteiger partial charge on any atom is 0.254 e. The van der Waals surface area contributed by atoms with Gasteiger partial charge in [-0.15, -0.1) is 11.3 Å². The fourth-order valence-electron chi connectivity index (χ4n) is 4.46. The van der Waals surface area contributed by atoms with Gasteiger partial charge < -0.3 is 4.90 Å². The van der Waals surface area contributed by atoms with Crippen LogP contribution >= 0.6 is 11.3 Å². The van der Waals surface area contributed by atoms with Crippen molar-refractivity contribution in [1.82, 2.24) is 25.1 Å². The lowest BCUT2D eigenvalue weighted by atomic mass is 9.88. The molecule has 1 atom stereocenters. The number of likely N-dealkylation sites (tertiary alicyclic amines) is 1. The molecule has 1 saturated heterocycles. The molecule has 0 aromatic carbocycles. The number of aromatic amines is 1. The van der Waals surface area contributed by atoms with Gasteiger partial charge in [0.05, 0.1) is 5.56 Å². The van der Waals surface area contributed by atoms with E-state index in [0.29, 0.717) is 11.7 Å². The molecule has 1 amide bonds. The molecule has 1 aliphatic carbocycles. The molecule has 3 aromatic heterocycles. The van der Waals surface area contributed by atoms with E-state index < -0.39 is 0 Å². The fourth-order valence-corrected chi connectivity index (χ4v) is 5.70. The lowest BCUT2D eigenvalue weighted by molar-refractivity contribution is 0.0710. The van der Waals surface area contributed by atoms with E-state index >= 15 is 0 Å². The largest absolute Gasteiger partial charge is 0.339 e. The van der Waals surface area contributed by atoms with Gasteiger partial charge in [0.2, 0.25) is 0 Å². The van der Waals surface area contributed by atoms with Crippen molar-refractivity contribution in [2.24, 2.45) is 5.92 Å². The number of aromatic nitrogens is 4. The number of hydrogen-bond donors (Lipinski definition) is 1. The number of hydrogen-bond acceptors (Lipinski definition) is 5. The van der Waals surface area contributed by atoms with E-state index in [9.17, 15) is 4.79 Å². The van der Waals surface area contributed by atoms with E-state index in [2.05, 4.69) is 32.5 Å². The molecular formula is C22H25N5OS. The molecule has 0 spiro atoms. The van der Waals surface area contributed by atoms with Crippen LogP contribution in [-0.2, 0) is 12.8 Å². The zero-order chi connectivity index (χ0) is 19.8. The molecule has 1 fully saturated rings. The second-order valence-electron chi connectivity index (χ2n) is 8.25. The summed E-state index contributed by atoms with van der Waals surface area (Å²) in [5.74, 6) is 2.86. The van der Waals surface area contributed by atoms with Crippen LogP contribution in [0.25, 0.3) is 11.4 Å². The average molecular weight is 408 g/mol. The topological polar surface area (TPSA) is 74.8 Å². The summed E-state index contributed by atoms with van der Waals surface area (Å²) in [6, 6.07) is 3.85. The van der Waals surface area contributed by atoms with Crippen molar-refractivity contribution < 1.29 is 4.79 Å². The number of carbonyl (C=O) groups is 1. The van der Waals surface area contributed by atoms with Gasteiger partial charge in [0, 0.05) is 47.2 Å². The molecular weight excluding hydrogens is 382 g/mol. The van der Waals surface area contributed by atoms with Crippen molar-refractivity contribution in [3.63, 3.8) is 0 Å². The zero-order valence-electron chi connectivity index (χ0n) is 16.6.